The van der Waals surface area contributed by atoms with Gasteiger partial charge in [0.15, 0.2) is 0 Å². The Balaban J connectivity index is 2.27. The third-order valence-electron chi connectivity index (χ3n) is 2.73. The number of carbonyl (C=O) groups is 1. The third kappa shape index (κ3) is 6.57. The molecule has 0 aliphatic carbocycles. The van der Waals surface area contributed by atoms with Gasteiger partial charge in [-0.2, -0.15) is 0 Å². The van der Waals surface area contributed by atoms with E-state index in [1.54, 1.807) is 6.07 Å². The molecular weight excluding hydrogens is 262 g/mol. The Morgan fingerprint density at radius 2 is 2.05 bits per heavy atom. The Morgan fingerprint density at radius 1 is 1.32 bits per heavy atom. The molecule has 106 valence electrons. The predicted molar refractivity (Wildman–Crippen MR) is 80.9 cm³/mol. The summed E-state index contributed by atoms with van der Waals surface area (Å²) >= 11 is 5.87. The highest BCUT2D eigenvalue weighted by atomic mass is 35.5. The van der Waals surface area contributed by atoms with Crippen LogP contribution in [0.1, 0.15) is 12.0 Å². The minimum absolute atomic E-state index is 0.0165. The van der Waals surface area contributed by atoms with Crippen LogP contribution in [0.4, 0.5) is 5.69 Å². The standard InChI is InChI=1S/C14H22ClN3O/c1-11-10-12(15)4-5-13(11)17-14(19)6-7-16-8-9-18(2)3/h4-5,10,16H,6-9H2,1-3H3,(H,17,19). The molecule has 0 unspecified atom stereocenters. The fraction of sp³-hybridized carbons (Fsp3) is 0.500. The van der Waals surface area contributed by atoms with Crippen LogP contribution in [0.25, 0.3) is 0 Å². The summed E-state index contributed by atoms with van der Waals surface area (Å²) in [4.78, 5) is 13.9. The molecule has 0 aliphatic rings. The molecular formula is C14H22ClN3O. The number of aryl methyl sites for hydroxylation is 1. The minimum atomic E-state index is 0.0165. The van der Waals surface area contributed by atoms with Gasteiger partial charge in [0, 0.05) is 36.8 Å². The van der Waals surface area contributed by atoms with Crippen LogP contribution in [0.15, 0.2) is 18.2 Å². The van der Waals surface area contributed by atoms with Crippen molar-refractivity contribution in [2.24, 2.45) is 0 Å². The van der Waals surface area contributed by atoms with Gasteiger partial charge >= 0.3 is 0 Å². The van der Waals surface area contributed by atoms with Crippen LogP contribution in [-0.4, -0.2) is 44.5 Å². The number of carbonyl (C=O) groups excluding carboxylic acids is 1. The number of hydrogen-bond acceptors (Lipinski definition) is 3. The maximum Gasteiger partial charge on any atom is 0.225 e. The number of anilines is 1. The van der Waals surface area contributed by atoms with Crippen LogP contribution in [0.3, 0.4) is 0 Å². The average Bonchev–Trinajstić information content (AvgIpc) is 2.32. The molecule has 1 amide bonds. The Bertz CT molecular complexity index is 421. The highest BCUT2D eigenvalue weighted by Gasteiger charge is 2.04. The smallest absolute Gasteiger partial charge is 0.225 e. The van der Waals surface area contributed by atoms with Gasteiger partial charge in [0.25, 0.3) is 0 Å². The van der Waals surface area contributed by atoms with Crippen LogP contribution >= 0.6 is 11.6 Å². The SMILES string of the molecule is Cc1cc(Cl)ccc1NC(=O)CCNCCN(C)C. The van der Waals surface area contributed by atoms with Crippen LogP contribution in [-0.2, 0) is 4.79 Å². The lowest BCUT2D eigenvalue weighted by Crippen LogP contribution is -2.29. The monoisotopic (exact) mass is 283 g/mol. The first-order valence-corrected chi connectivity index (χ1v) is 6.78. The van der Waals surface area contributed by atoms with Crippen LogP contribution in [0.5, 0.6) is 0 Å². The molecule has 19 heavy (non-hydrogen) atoms. The quantitative estimate of drug-likeness (QED) is 0.754. The molecule has 0 radical (unpaired) electrons. The van der Waals surface area contributed by atoms with E-state index < -0.39 is 0 Å². The van der Waals surface area contributed by atoms with Gasteiger partial charge in [-0.05, 0) is 44.8 Å². The zero-order valence-electron chi connectivity index (χ0n) is 11.8. The largest absolute Gasteiger partial charge is 0.326 e. The zero-order valence-corrected chi connectivity index (χ0v) is 12.5. The minimum Gasteiger partial charge on any atom is -0.326 e. The molecule has 1 aromatic rings. The van der Waals surface area contributed by atoms with Crippen molar-refractivity contribution in [3.63, 3.8) is 0 Å². The first-order valence-electron chi connectivity index (χ1n) is 6.40. The van der Waals surface area contributed by atoms with Gasteiger partial charge in [0.1, 0.15) is 0 Å². The molecule has 0 bridgehead atoms. The second-order valence-corrected chi connectivity index (χ2v) is 5.25. The lowest BCUT2D eigenvalue weighted by atomic mass is 10.2. The van der Waals surface area contributed by atoms with Gasteiger partial charge in [0.05, 0.1) is 0 Å². The number of benzene rings is 1. The van der Waals surface area contributed by atoms with Crippen molar-refractivity contribution in [1.29, 1.82) is 0 Å². The van der Waals surface area contributed by atoms with Crippen molar-refractivity contribution < 1.29 is 4.79 Å². The first kappa shape index (κ1) is 16.0. The molecule has 0 aliphatic heterocycles. The lowest BCUT2D eigenvalue weighted by molar-refractivity contribution is -0.116. The number of nitrogens with zero attached hydrogens (tertiary/aromatic N) is 1. The summed E-state index contributed by atoms with van der Waals surface area (Å²) in [6, 6.07) is 5.45. The maximum absolute atomic E-state index is 11.8. The van der Waals surface area contributed by atoms with E-state index in [1.165, 1.54) is 0 Å². The van der Waals surface area contributed by atoms with Crippen molar-refractivity contribution in [3.05, 3.63) is 28.8 Å². The van der Waals surface area contributed by atoms with Crippen molar-refractivity contribution in [3.8, 4) is 0 Å². The van der Waals surface area contributed by atoms with Crippen molar-refractivity contribution in [2.45, 2.75) is 13.3 Å². The second kappa shape index (κ2) is 8.15. The summed E-state index contributed by atoms with van der Waals surface area (Å²) in [5.41, 5.74) is 1.80. The van der Waals surface area contributed by atoms with Crippen LogP contribution in [0.2, 0.25) is 5.02 Å². The highest BCUT2D eigenvalue weighted by molar-refractivity contribution is 6.30. The molecule has 0 aromatic heterocycles. The van der Waals surface area contributed by atoms with Crippen LogP contribution < -0.4 is 10.6 Å². The first-order chi connectivity index (χ1) is 8.99. The molecule has 0 saturated carbocycles. The molecule has 0 spiro atoms. The van der Waals surface area contributed by atoms with E-state index in [1.807, 2.05) is 33.2 Å². The summed E-state index contributed by atoms with van der Waals surface area (Å²) in [6.45, 7) is 4.47. The summed E-state index contributed by atoms with van der Waals surface area (Å²) in [6.07, 6.45) is 0.468. The predicted octanol–water partition coefficient (Wildman–Crippen LogP) is 2.13. The fourth-order valence-corrected chi connectivity index (χ4v) is 1.84. The molecule has 0 saturated heterocycles. The van der Waals surface area contributed by atoms with Crippen molar-refractivity contribution in [1.82, 2.24) is 10.2 Å². The van der Waals surface area contributed by atoms with Crippen molar-refractivity contribution >= 4 is 23.2 Å². The van der Waals surface area contributed by atoms with Crippen LogP contribution in [0, 0.1) is 6.92 Å². The van der Waals surface area contributed by atoms with Gasteiger partial charge in [0.2, 0.25) is 5.91 Å². The molecule has 2 N–H and O–H groups in total. The van der Waals surface area contributed by atoms with Gasteiger partial charge in [-0.3, -0.25) is 4.79 Å². The summed E-state index contributed by atoms with van der Waals surface area (Å²) in [5.74, 6) is 0.0165. The molecule has 1 rings (SSSR count). The molecule has 0 fully saturated rings. The topological polar surface area (TPSA) is 44.4 Å². The van der Waals surface area contributed by atoms with E-state index in [4.69, 9.17) is 11.6 Å². The van der Waals surface area contributed by atoms with E-state index in [0.717, 1.165) is 24.3 Å². The Labute approximate surface area is 120 Å². The van der Waals surface area contributed by atoms with Gasteiger partial charge in [-0.25, -0.2) is 0 Å². The molecule has 5 heteroatoms. The van der Waals surface area contributed by atoms with Crippen molar-refractivity contribution in [2.75, 3.05) is 39.0 Å². The van der Waals surface area contributed by atoms with E-state index in [2.05, 4.69) is 15.5 Å². The number of likely N-dealkylation sites (N-methyl/N-ethyl adjacent to an activating group) is 1. The van der Waals surface area contributed by atoms with E-state index >= 15 is 0 Å². The number of amides is 1. The molecule has 0 heterocycles. The molecule has 1 aromatic carbocycles. The maximum atomic E-state index is 11.8. The van der Waals surface area contributed by atoms with E-state index in [9.17, 15) is 4.79 Å². The fourth-order valence-electron chi connectivity index (χ4n) is 1.61. The van der Waals surface area contributed by atoms with Gasteiger partial charge in [-0.15, -0.1) is 0 Å². The Kier molecular flexibility index (Phi) is 6.84. The van der Waals surface area contributed by atoms with Gasteiger partial charge < -0.3 is 15.5 Å². The number of halogens is 1. The van der Waals surface area contributed by atoms with Gasteiger partial charge in [-0.1, -0.05) is 11.6 Å². The average molecular weight is 284 g/mol. The zero-order chi connectivity index (χ0) is 14.3. The number of rotatable bonds is 7. The second-order valence-electron chi connectivity index (χ2n) is 4.81. The number of hydrogen-bond donors (Lipinski definition) is 2. The summed E-state index contributed by atoms with van der Waals surface area (Å²) < 4.78 is 0. The molecule has 0 atom stereocenters. The summed E-state index contributed by atoms with van der Waals surface area (Å²) in [7, 11) is 4.05. The normalized spacial score (nSPS) is 10.8. The Morgan fingerprint density at radius 3 is 2.68 bits per heavy atom. The third-order valence-corrected chi connectivity index (χ3v) is 2.96. The highest BCUT2D eigenvalue weighted by Crippen LogP contribution is 2.19. The number of nitrogens with one attached hydrogen (secondary N) is 2. The van der Waals surface area contributed by atoms with E-state index in [-0.39, 0.29) is 5.91 Å². The lowest BCUT2D eigenvalue weighted by Gasteiger charge is -2.11. The molecule has 4 nitrogen and oxygen atoms in total. The Hall–Kier alpha value is -1.10. The van der Waals surface area contributed by atoms with E-state index in [0.29, 0.717) is 18.0 Å². The summed E-state index contributed by atoms with van der Waals surface area (Å²) in [5, 5.41) is 6.80.